The number of H-pyrrole nitrogens is 1. The van der Waals surface area contributed by atoms with E-state index < -0.39 is 23.9 Å². The molecule has 7 heteroatoms. The van der Waals surface area contributed by atoms with Gasteiger partial charge in [-0.25, -0.2) is 9.59 Å². The monoisotopic (exact) mass is 386 g/mol. The van der Waals surface area contributed by atoms with Crippen LogP contribution in [0.4, 0.5) is 5.69 Å². The van der Waals surface area contributed by atoms with Crippen LogP contribution in [0.2, 0.25) is 0 Å². The first-order valence-corrected chi connectivity index (χ1v) is 9.11. The number of nitrogens with one attached hydrogen (secondary N) is 2. The van der Waals surface area contributed by atoms with Gasteiger partial charge in [-0.2, -0.15) is 0 Å². The zero-order valence-electron chi connectivity index (χ0n) is 17.1. The average Bonchev–Trinajstić information content (AvgIpc) is 2.92. The molecule has 0 saturated heterocycles. The van der Waals surface area contributed by atoms with Crippen molar-refractivity contribution in [3.05, 3.63) is 51.8 Å². The Bertz CT molecular complexity index is 914. The normalized spacial score (nSPS) is 11.6. The number of rotatable bonds is 6. The third-order valence-electron chi connectivity index (χ3n) is 4.41. The Labute approximate surface area is 164 Å². The molecule has 1 amide bonds. The summed E-state index contributed by atoms with van der Waals surface area (Å²) in [6, 6.07) is 5.65. The Balaban J connectivity index is 2.11. The summed E-state index contributed by atoms with van der Waals surface area (Å²) >= 11 is 0. The summed E-state index contributed by atoms with van der Waals surface area (Å²) in [5.74, 6) is -1.65. The lowest BCUT2D eigenvalue weighted by Crippen LogP contribution is -2.30. The van der Waals surface area contributed by atoms with Crippen molar-refractivity contribution in [2.75, 3.05) is 11.9 Å². The number of esters is 2. The molecule has 1 aromatic heterocycles. The third kappa shape index (κ3) is 4.60. The summed E-state index contributed by atoms with van der Waals surface area (Å²) in [5.41, 5.74) is 4.02. The minimum absolute atomic E-state index is 0.207. The van der Waals surface area contributed by atoms with Crippen molar-refractivity contribution in [3.63, 3.8) is 0 Å². The molecular formula is C21H26N2O5. The molecule has 0 bridgehead atoms. The molecule has 0 aliphatic heterocycles. The smallest absolute Gasteiger partial charge is 0.355 e. The van der Waals surface area contributed by atoms with Crippen molar-refractivity contribution in [3.8, 4) is 0 Å². The van der Waals surface area contributed by atoms with Crippen molar-refractivity contribution in [1.82, 2.24) is 4.98 Å². The van der Waals surface area contributed by atoms with Crippen molar-refractivity contribution in [1.29, 1.82) is 0 Å². The second-order valence-electron chi connectivity index (χ2n) is 6.70. The number of ether oxygens (including phenoxy) is 2. The van der Waals surface area contributed by atoms with Crippen molar-refractivity contribution < 1.29 is 23.9 Å². The Morgan fingerprint density at radius 1 is 1.11 bits per heavy atom. The highest BCUT2D eigenvalue weighted by atomic mass is 16.5. The maximum atomic E-state index is 12.6. The Hall–Kier alpha value is -3.09. The minimum Gasteiger partial charge on any atom is -0.461 e. The van der Waals surface area contributed by atoms with Crippen LogP contribution in [-0.4, -0.2) is 35.5 Å². The molecule has 0 aliphatic carbocycles. The number of carbonyl (C=O) groups is 3. The topological polar surface area (TPSA) is 97.5 Å². The second kappa shape index (κ2) is 8.73. The summed E-state index contributed by atoms with van der Waals surface area (Å²) in [6.07, 6.45) is -1.01. The Morgan fingerprint density at radius 3 is 2.39 bits per heavy atom. The molecule has 0 fully saturated rings. The van der Waals surface area contributed by atoms with Gasteiger partial charge in [-0.1, -0.05) is 17.7 Å². The lowest BCUT2D eigenvalue weighted by Gasteiger charge is -2.15. The number of carbonyl (C=O) groups excluding carboxylic acids is 3. The van der Waals surface area contributed by atoms with Gasteiger partial charge in [0.1, 0.15) is 5.69 Å². The van der Waals surface area contributed by atoms with E-state index in [1.807, 2.05) is 32.0 Å². The lowest BCUT2D eigenvalue weighted by molar-refractivity contribution is -0.123. The molecule has 150 valence electrons. The fraction of sp³-hybridized carbons (Fsp3) is 0.381. The van der Waals surface area contributed by atoms with E-state index in [9.17, 15) is 14.4 Å². The van der Waals surface area contributed by atoms with Gasteiger partial charge in [-0.05, 0) is 58.7 Å². The molecule has 28 heavy (non-hydrogen) atoms. The second-order valence-corrected chi connectivity index (χ2v) is 6.70. The summed E-state index contributed by atoms with van der Waals surface area (Å²) in [6.45, 7) is 10.6. The lowest BCUT2D eigenvalue weighted by atomic mass is 10.1. The summed E-state index contributed by atoms with van der Waals surface area (Å²) in [4.78, 5) is 39.8. The van der Waals surface area contributed by atoms with Crippen LogP contribution in [0, 0.1) is 27.7 Å². The van der Waals surface area contributed by atoms with Gasteiger partial charge >= 0.3 is 11.9 Å². The van der Waals surface area contributed by atoms with E-state index in [-0.39, 0.29) is 17.9 Å². The first kappa shape index (κ1) is 21.2. The van der Waals surface area contributed by atoms with E-state index in [1.165, 1.54) is 6.92 Å². The molecule has 0 spiro atoms. The van der Waals surface area contributed by atoms with Gasteiger partial charge in [0.2, 0.25) is 0 Å². The molecule has 2 aromatic rings. The van der Waals surface area contributed by atoms with E-state index in [0.29, 0.717) is 16.9 Å². The fourth-order valence-corrected chi connectivity index (χ4v) is 2.92. The number of hydrogen-bond acceptors (Lipinski definition) is 5. The molecule has 0 aliphatic rings. The molecule has 2 rings (SSSR count). The highest BCUT2D eigenvalue weighted by Gasteiger charge is 2.26. The molecule has 0 saturated carbocycles. The Kier molecular flexibility index (Phi) is 6.62. The van der Waals surface area contributed by atoms with Gasteiger partial charge in [0.05, 0.1) is 12.2 Å². The van der Waals surface area contributed by atoms with Gasteiger partial charge in [-0.15, -0.1) is 0 Å². The van der Waals surface area contributed by atoms with Gasteiger partial charge < -0.3 is 19.8 Å². The summed E-state index contributed by atoms with van der Waals surface area (Å²) < 4.78 is 10.3. The van der Waals surface area contributed by atoms with E-state index in [0.717, 1.165) is 11.1 Å². The minimum atomic E-state index is -1.01. The number of benzene rings is 1. The van der Waals surface area contributed by atoms with Crippen LogP contribution in [0.25, 0.3) is 0 Å². The number of hydrogen-bond donors (Lipinski definition) is 2. The fourth-order valence-electron chi connectivity index (χ4n) is 2.92. The highest BCUT2D eigenvalue weighted by molar-refractivity contribution is 6.01. The van der Waals surface area contributed by atoms with Gasteiger partial charge in [-0.3, -0.25) is 4.79 Å². The van der Waals surface area contributed by atoms with Crippen LogP contribution >= 0.6 is 0 Å². The quantitative estimate of drug-likeness (QED) is 0.739. The predicted octanol–water partition coefficient (Wildman–Crippen LogP) is 3.61. The van der Waals surface area contributed by atoms with E-state index >= 15 is 0 Å². The zero-order chi connectivity index (χ0) is 21.0. The summed E-state index contributed by atoms with van der Waals surface area (Å²) in [7, 11) is 0. The van der Waals surface area contributed by atoms with E-state index in [1.54, 1.807) is 20.8 Å². The van der Waals surface area contributed by atoms with Gasteiger partial charge in [0.25, 0.3) is 5.91 Å². The van der Waals surface area contributed by atoms with Crippen LogP contribution in [0.1, 0.15) is 57.1 Å². The Morgan fingerprint density at radius 2 is 1.79 bits per heavy atom. The standard InChI is InChI=1S/C21H26N2O5/c1-7-27-21(26)18-13(4)17(14(5)22-18)20(25)28-15(6)19(24)23-16-9-8-11(2)10-12(16)3/h8-10,15,22H,7H2,1-6H3,(H,23,24)/t15-/m0/s1. The maximum absolute atomic E-state index is 12.6. The van der Waals surface area contributed by atoms with Crippen molar-refractivity contribution in [2.24, 2.45) is 0 Å². The largest absolute Gasteiger partial charge is 0.461 e. The SMILES string of the molecule is CCOC(=O)c1[nH]c(C)c(C(=O)O[C@@H](C)C(=O)Nc2ccc(C)cc2C)c1C. The van der Waals surface area contributed by atoms with Crippen LogP contribution < -0.4 is 5.32 Å². The average molecular weight is 386 g/mol. The molecule has 1 heterocycles. The first-order chi connectivity index (χ1) is 13.1. The van der Waals surface area contributed by atoms with Crippen LogP contribution in [0.15, 0.2) is 18.2 Å². The number of aromatic amines is 1. The van der Waals surface area contributed by atoms with Crippen molar-refractivity contribution in [2.45, 2.75) is 47.6 Å². The van der Waals surface area contributed by atoms with Gasteiger partial charge in [0, 0.05) is 11.4 Å². The van der Waals surface area contributed by atoms with E-state index in [2.05, 4.69) is 10.3 Å². The molecule has 0 radical (unpaired) electrons. The molecule has 7 nitrogen and oxygen atoms in total. The molecule has 2 N–H and O–H groups in total. The van der Waals surface area contributed by atoms with E-state index in [4.69, 9.17) is 9.47 Å². The number of anilines is 1. The third-order valence-corrected chi connectivity index (χ3v) is 4.41. The van der Waals surface area contributed by atoms with Crippen LogP contribution in [0.5, 0.6) is 0 Å². The zero-order valence-corrected chi connectivity index (χ0v) is 17.1. The summed E-state index contributed by atoms with van der Waals surface area (Å²) in [5, 5.41) is 2.77. The van der Waals surface area contributed by atoms with Gasteiger partial charge in [0.15, 0.2) is 6.10 Å². The highest BCUT2D eigenvalue weighted by Crippen LogP contribution is 2.21. The molecule has 0 unspecified atom stereocenters. The number of amides is 1. The predicted molar refractivity (Wildman–Crippen MR) is 106 cm³/mol. The molecular weight excluding hydrogens is 360 g/mol. The van der Waals surface area contributed by atoms with Crippen LogP contribution in [0.3, 0.4) is 0 Å². The van der Waals surface area contributed by atoms with Crippen molar-refractivity contribution >= 4 is 23.5 Å². The number of aryl methyl sites for hydroxylation is 3. The number of aromatic nitrogens is 1. The molecule has 1 atom stereocenters. The van der Waals surface area contributed by atoms with Crippen LogP contribution in [-0.2, 0) is 14.3 Å². The maximum Gasteiger partial charge on any atom is 0.355 e. The molecule has 1 aromatic carbocycles. The first-order valence-electron chi connectivity index (χ1n) is 9.11.